The Morgan fingerprint density at radius 2 is 1.63 bits per heavy atom. The monoisotopic (exact) mass is 272 g/mol. The van der Waals surface area contributed by atoms with E-state index in [-0.39, 0.29) is 19.8 Å². The summed E-state index contributed by atoms with van der Waals surface area (Å²) in [5.41, 5.74) is 0. The Bertz CT molecular complexity index is 429. The van der Waals surface area contributed by atoms with Crippen molar-refractivity contribution in [1.29, 1.82) is 0 Å². The van der Waals surface area contributed by atoms with Crippen molar-refractivity contribution in [3.63, 3.8) is 0 Å². The van der Waals surface area contributed by atoms with Gasteiger partial charge in [0.05, 0.1) is 7.18 Å². The van der Waals surface area contributed by atoms with E-state index in [1.807, 2.05) is 26.0 Å². The predicted octanol–water partition coefficient (Wildman–Crippen LogP) is 3.70. The molecule has 2 heterocycles. The molecule has 108 valence electrons. The number of furan rings is 2. The molecule has 0 radical (unpaired) electrons. The summed E-state index contributed by atoms with van der Waals surface area (Å²) in [5.74, 6) is 2.63. The van der Waals surface area contributed by atoms with Crippen LogP contribution in [0.2, 0.25) is 0 Å². The molecule has 2 aromatic heterocycles. The standard InChI is InChI=1S/C6H6O3.C6H8O.CH3F.CH4/c7-3-5-1-2-6(4-8)9-5;1-5-3-4-6(2)7-5;1-2;/h1-3,8H,4H2;3-4H,1-2H3;1H3;1H4. The number of aliphatic hydroxyl groups is 1. The molecule has 0 saturated heterocycles. The molecule has 0 atom stereocenters. The molecular weight excluding hydrogens is 251 g/mol. The summed E-state index contributed by atoms with van der Waals surface area (Å²) in [6.07, 6.45) is 0.596. The van der Waals surface area contributed by atoms with Crippen LogP contribution in [0.1, 0.15) is 35.3 Å². The Hall–Kier alpha value is -1.88. The number of carbonyl (C=O) groups excluding carboxylic acids is 1. The number of aldehydes is 1. The molecule has 0 aliphatic rings. The minimum Gasteiger partial charge on any atom is -0.467 e. The number of carbonyl (C=O) groups is 1. The third-order valence-electron chi connectivity index (χ3n) is 1.83. The largest absolute Gasteiger partial charge is 0.467 e. The third kappa shape index (κ3) is 7.94. The number of aryl methyl sites for hydroxylation is 2. The van der Waals surface area contributed by atoms with Gasteiger partial charge in [-0.15, -0.1) is 0 Å². The first-order valence-electron chi connectivity index (χ1n) is 5.21. The van der Waals surface area contributed by atoms with Crippen molar-refractivity contribution in [3.8, 4) is 0 Å². The van der Waals surface area contributed by atoms with Gasteiger partial charge < -0.3 is 13.9 Å². The second-order valence-electron chi connectivity index (χ2n) is 3.24. The molecule has 1 N–H and O–H groups in total. The zero-order valence-corrected chi connectivity index (χ0v) is 10.6. The fourth-order valence-corrected chi connectivity index (χ4v) is 1.10. The first-order chi connectivity index (χ1) is 8.65. The zero-order chi connectivity index (χ0) is 14.0. The van der Waals surface area contributed by atoms with E-state index < -0.39 is 0 Å². The Labute approximate surface area is 112 Å². The average molecular weight is 272 g/mol. The molecule has 2 rings (SSSR count). The van der Waals surface area contributed by atoms with Crippen LogP contribution in [0, 0.1) is 13.8 Å². The van der Waals surface area contributed by atoms with Gasteiger partial charge in [-0.3, -0.25) is 9.18 Å². The number of rotatable bonds is 2. The predicted molar refractivity (Wildman–Crippen MR) is 72.0 cm³/mol. The summed E-state index contributed by atoms with van der Waals surface area (Å²) in [6, 6.07) is 6.98. The highest BCUT2D eigenvalue weighted by Gasteiger charge is 1.96. The maximum atomic E-state index is 9.96. The quantitative estimate of drug-likeness (QED) is 0.846. The van der Waals surface area contributed by atoms with Crippen LogP contribution in [0.25, 0.3) is 0 Å². The molecule has 0 aliphatic heterocycles. The topological polar surface area (TPSA) is 63.6 Å². The first kappa shape index (κ1) is 19.5. The fraction of sp³-hybridized carbons (Fsp3) is 0.357. The van der Waals surface area contributed by atoms with E-state index >= 15 is 0 Å². The summed E-state index contributed by atoms with van der Waals surface area (Å²) in [7, 11) is 0.500. The Balaban J connectivity index is 0. The SMILES string of the molecule is C.CF.Cc1ccc(C)o1.O=Cc1ccc(CO)o1. The average Bonchev–Trinajstić information content (AvgIpc) is 3.01. The van der Waals surface area contributed by atoms with Gasteiger partial charge in [0.15, 0.2) is 12.0 Å². The molecular formula is C14H21FO4. The van der Waals surface area contributed by atoms with Gasteiger partial charge in [-0.25, -0.2) is 0 Å². The molecule has 19 heavy (non-hydrogen) atoms. The maximum absolute atomic E-state index is 9.96. The van der Waals surface area contributed by atoms with Gasteiger partial charge in [-0.05, 0) is 38.1 Å². The van der Waals surface area contributed by atoms with Crippen molar-refractivity contribution in [2.45, 2.75) is 27.9 Å². The molecule has 4 nitrogen and oxygen atoms in total. The van der Waals surface area contributed by atoms with E-state index in [2.05, 4.69) is 0 Å². The smallest absolute Gasteiger partial charge is 0.185 e. The van der Waals surface area contributed by atoms with Crippen molar-refractivity contribution in [2.75, 3.05) is 7.18 Å². The van der Waals surface area contributed by atoms with E-state index in [4.69, 9.17) is 13.9 Å². The molecule has 0 aliphatic carbocycles. The lowest BCUT2D eigenvalue weighted by Gasteiger charge is -1.82. The third-order valence-corrected chi connectivity index (χ3v) is 1.83. The number of hydrogen-bond acceptors (Lipinski definition) is 4. The number of hydrogen-bond donors (Lipinski definition) is 1. The molecule has 0 amide bonds. The summed E-state index contributed by atoms with van der Waals surface area (Å²) >= 11 is 0. The molecule has 2 aromatic rings. The van der Waals surface area contributed by atoms with Crippen molar-refractivity contribution in [2.24, 2.45) is 0 Å². The minimum absolute atomic E-state index is 0. The van der Waals surface area contributed by atoms with Crippen LogP contribution in [-0.2, 0) is 6.61 Å². The van der Waals surface area contributed by atoms with Crippen molar-refractivity contribution >= 4 is 6.29 Å². The molecule has 0 saturated carbocycles. The Kier molecular flexibility index (Phi) is 11.5. The van der Waals surface area contributed by atoms with Gasteiger partial charge in [0.2, 0.25) is 0 Å². The van der Waals surface area contributed by atoms with Crippen LogP contribution in [0.3, 0.4) is 0 Å². The van der Waals surface area contributed by atoms with Crippen LogP contribution >= 0.6 is 0 Å². The van der Waals surface area contributed by atoms with E-state index in [0.29, 0.717) is 19.2 Å². The highest BCUT2D eigenvalue weighted by Crippen LogP contribution is 2.04. The highest BCUT2D eigenvalue weighted by atomic mass is 19.1. The van der Waals surface area contributed by atoms with Gasteiger partial charge in [-0.1, -0.05) is 7.43 Å². The van der Waals surface area contributed by atoms with Crippen LogP contribution in [0.4, 0.5) is 4.39 Å². The van der Waals surface area contributed by atoms with Gasteiger partial charge in [0.25, 0.3) is 0 Å². The normalized spacial score (nSPS) is 8.26. The van der Waals surface area contributed by atoms with E-state index in [9.17, 15) is 9.18 Å². The Morgan fingerprint density at radius 3 is 1.84 bits per heavy atom. The minimum atomic E-state index is -0.159. The zero-order valence-electron chi connectivity index (χ0n) is 10.6. The Morgan fingerprint density at radius 1 is 1.11 bits per heavy atom. The number of halogens is 1. The number of alkyl halides is 1. The van der Waals surface area contributed by atoms with Gasteiger partial charge >= 0.3 is 0 Å². The summed E-state index contributed by atoms with van der Waals surface area (Å²) < 4.78 is 19.3. The molecule has 0 unspecified atom stereocenters. The number of aliphatic hydroxyl groups excluding tert-OH is 1. The highest BCUT2D eigenvalue weighted by molar-refractivity contribution is 5.70. The van der Waals surface area contributed by atoms with Crippen LogP contribution < -0.4 is 0 Å². The second kappa shape index (κ2) is 11.2. The van der Waals surface area contributed by atoms with Crippen LogP contribution in [0.15, 0.2) is 33.1 Å². The van der Waals surface area contributed by atoms with E-state index in [1.165, 1.54) is 6.07 Å². The second-order valence-corrected chi connectivity index (χ2v) is 3.24. The van der Waals surface area contributed by atoms with Crippen molar-refractivity contribution in [1.82, 2.24) is 0 Å². The molecule has 0 aromatic carbocycles. The lowest BCUT2D eigenvalue weighted by atomic mass is 10.4. The molecule has 0 spiro atoms. The lowest BCUT2D eigenvalue weighted by molar-refractivity contribution is 0.109. The lowest BCUT2D eigenvalue weighted by Crippen LogP contribution is -1.74. The van der Waals surface area contributed by atoms with Gasteiger partial charge in [0, 0.05) is 0 Å². The molecule has 0 bridgehead atoms. The first-order valence-corrected chi connectivity index (χ1v) is 5.21. The van der Waals surface area contributed by atoms with Gasteiger partial charge in [-0.2, -0.15) is 0 Å². The van der Waals surface area contributed by atoms with Gasteiger partial charge in [0.1, 0.15) is 23.9 Å². The summed E-state index contributed by atoms with van der Waals surface area (Å²) in [6.45, 7) is 3.72. The van der Waals surface area contributed by atoms with E-state index in [1.54, 1.807) is 6.07 Å². The van der Waals surface area contributed by atoms with Crippen molar-refractivity contribution in [3.05, 3.63) is 47.3 Å². The summed E-state index contributed by atoms with van der Waals surface area (Å²) in [5, 5.41) is 8.44. The molecule has 0 fully saturated rings. The van der Waals surface area contributed by atoms with Crippen LogP contribution in [0.5, 0.6) is 0 Å². The maximum Gasteiger partial charge on any atom is 0.185 e. The van der Waals surface area contributed by atoms with Crippen molar-refractivity contribution < 1.29 is 23.1 Å². The summed E-state index contributed by atoms with van der Waals surface area (Å²) in [4.78, 5) is 9.96. The fourth-order valence-electron chi connectivity index (χ4n) is 1.10. The van der Waals surface area contributed by atoms with E-state index in [0.717, 1.165) is 11.5 Å². The molecule has 5 heteroatoms. The van der Waals surface area contributed by atoms with Crippen LogP contribution in [-0.4, -0.2) is 18.6 Å².